The van der Waals surface area contributed by atoms with E-state index in [-0.39, 0.29) is 6.54 Å². The minimum atomic E-state index is -4.98. The molecule has 0 saturated carbocycles. The first kappa shape index (κ1) is 17.3. The number of rotatable bonds is 6. The molecule has 126 valence electrons. The summed E-state index contributed by atoms with van der Waals surface area (Å²) in [7, 11) is -4.18. The smallest absolute Gasteiger partial charge is 0.404 e. The maximum Gasteiger partial charge on any atom is 0.573 e. The number of hydrogen-bond donors (Lipinski definition) is 1. The van der Waals surface area contributed by atoms with Crippen molar-refractivity contribution in [2.24, 2.45) is 0 Å². The molecule has 1 atom stereocenters. The topological polar surface area (TPSA) is 73.2 Å². The lowest BCUT2D eigenvalue weighted by Crippen LogP contribution is -2.36. The Kier molecular flexibility index (Phi) is 4.95. The summed E-state index contributed by atoms with van der Waals surface area (Å²) in [5, 5.41) is 3.93. The molecule has 1 aromatic heterocycles. The van der Waals surface area contributed by atoms with Gasteiger partial charge in [0.2, 0.25) is 10.0 Å². The number of nitrogens with one attached hydrogen (secondary N) is 1. The molecule has 2 aromatic rings. The average Bonchev–Trinajstić information content (AvgIpc) is 2.89. The predicted octanol–water partition coefficient (Wildman–Crippen LogP) is 2.15. The SMILES string of the molecule is C[C@@H](Cn1cccn1)NS(=O)(=O)c1ccccc1OC(F)(F)F. The lowest BCUT2D eigenvalue weighted by atomic mass is 10.3. The van der Waals surface area contributed by atoms with Gasteiger partial charge in [-0.05, 0) is 25.1 Å². The molecule has 0 fully saturated rings. The Morgan fingerprint density at radius 1 is 1.30 bits per heavy atom. The predicted molar refractivity (Wildman–Crippen MR) is 75.1 cm³/mol. The molecule has 1 aromatic carbocycles. The summed E-state index contributed by atoms with van der Waals surface area (Å²) in [6.07, 6.45) is -1.80. The summed E-state index contributed by atoms with van der Waals surface area (Å²) in [6, 6.07) is 5.65. The minimum Gasteiger partial charge on any atom is -0.404 e. The zero-order chi connectivity index (χ0) is 17.1. The van der Waals surface area contributed by atoms with E-state index in [9.17, 15) is 21.6 Å². The van der Waals surface area contributed by atoms with E-state index in [1.807, 2.05) is 0 Å². The van der Waals surface area contributed by atoms with Gasteiger partial charge in [0, 0.05) is 18.4 Å². The Hall–Kier alpha value is -2.07. The molecule has 0 aliphatic carbocycles. The highest BCUT2D eigenvalue weighted by Gasteiger charge is 2.34. The molecule has 1 N–H and O–H groups in total. The van der Waals surface area contributed by atoms with Crippen LogP contribution in [0.3, 0.4) is 0 Å². The number of ether oxygens (including phenoxy) is 1. The first-order chi connectivity index (χ1) is 10.7. The molecular weight excluding hydrogens is 335 g/mol. The molecule has 6 nitrogen and oxygen atoms in total. The standard InChI is InChI=1S/C13H14F3N3O3S/c1-10(9-19-8-4-7-17-19)18-23(20,21)12-6-3-2-5-11(12)22-13(14,15)16/h2-8,10,18H,9H2,1H3/t10-/m0/s1. The number of aromatic nitrogens is 2. The van der Waals surface area contributed by atoms with Crippen molar-refractivity contribution in [1.82, 2.24) is 14.5 Å². The van der Waals surface area contributed by atoms with Crippen LogP contribution in [-0.2, 0) is 16.6 Å². The molecule has 2 rings (SSSR count). The third-order valence-corrected chi connectivity index (χ3v) is 4.37. The van der Waals surface area contributed by atoms with Crippen molar-refractivity contribution in [2.45, 2.75) is 30.8 Å². The molecule has 23 heavy (non-hydrogen) atoms. The number of sulfonamides is 1. The summed E-state index contributed by atoms with van der Waals surface area (Å²) in [5.41, 5.74) is 0. The van der Waals surface area contributed by atoms with Crippen molar-refractivity contribution < 1.29 is 26.3 Å². The molecular formula is C13H14F3N3O3S. The van der Waals surface area contributed by atoms with E-state index in [0.717, 1.165) is 12.1 Å². The van der Waals surface area contributed by atoms with Gasteiger partial charge in [0.15, 0.2) is 0 Å². The molecule has 0 unspecified atom stereocenters. The van der Waals surface area contributed by atoms with E-state index in [0.29, 0.717) is 0 Å². The monoisotopic (exact) mass is 349 g/mol. The van der Waals surface area contributed by atoms with E-state index in [2.05, 4.69) is 14.6 Å². The van der Waals surface area contributed by atoms with Crippen LogP contribution in [0.25, 0.3) is 0 Å². The maximum atomic E-state index is 12.4. The highest BCUT2D eigenvalue weighted by atomic mass is 32.2. The Balaban J connectivity index is 2.19. The largest absolute Gasteiger partial charge is 0.573 e. The zero-order valence-electron chi connectivity index (χ0n) is 12.0. The molecule has 1 heterocycles. The van der Waals surface area contributed by atoms with Gasteiger partial charge in [-0.3, -0.25) is 4.68 Å². The van der Waals surface area contributed by atoms with Crippen LogP contribution in [0.4, 0.5) is 13.2 Å². The highest BCUT2D eigenvalue weighted by Crippen LogP contribution is 2.29. The Morgan fingerprint density at radius 3 is 2.61 bits per heavy atom. The van der Waals surface area contributed by atoms with Crippen LogP contribution < -0.4 is 9.46 Å². The molecule has 0 saturated heterocycles. The fourth-order valence-corrected chi connectivity index (χ4v) is 3.30. The second kappa shape index (κ2) is 6.59. The quantitative estimate of drug-likeness (QED) is 0.867. The van der Waals surface area contributed by atoms with Crippen LogP contribution in [0.2, 0.25) is 0 Å². The van der Waals surface area contributed by atoms with Crippen LogP contribution in [-0.4, -0.2) is 30.6 Å². The Bertz CT molecular complexity index is 745. The van der Waals surface area contributed by atoms with E-state index < -0.39 is 33.1 Å². The van der Waals surface area contributed by atoms with Gasteiger partial charge in [0.25, 0.3) is 0 Å². The molecule has 0 amide bonds. The van der Waals surface area contributed by atoms with Gasteiger partial charge in [-0.25, -0.2) is 13.1 Å². The van der Waals surface area contributed by atoms with Crippen LogP contribution in [0.1, 0.15) is 6.92 Å². The van der Waals surface area contributed by atoms with E-state index >= 15 is 0 Å². The first-order valence-electron chi connectivity index (χ1n) is 6.52. The normalized spacial score (nSPS) is 13.7. The van der Waals surface area contributed by atoms with Crippen molar-refractivity contribution in [3.63, 3.8) is 0 Å². The fourth-order valence-electron chi connectivity index (χ4n) is 1.94. The Labute approximate surface area is 130 Å². The minimum absolute atomic E-state index is 0.231. The van der Waals surface area contributed by atoms with Crippen molar-refractivity contribution >= 4 is 10.0 Å². The molecule has 0 aliphatic rings. The fraction of sp³-hybridized carbons (Fsp3) is 0.308. The Morgan fingerprint density at radius 2 is 2.00 bits per heavy atom. The second-order valence-electron chi connectivity index (χ2n) is 4.74. The van der Waals surface area contributed by atoms with E-state index in [1.54, 1.807) is 19.2 Å². The van der Waals surface area contributed by atoms with Crippen LogP contribution >= 0.6 is 0 Å². The number of benzene rings is 1. The maximum absolute atomic E-state index is 12.4. The summed E-state index contributed by atoms with van der Waals surface area (Å²) in [5.74, 6) is -0.779. The number of nitrogens with zero attached hydrogens (tertiary/aromatic N) is 2. The molecule has 10 heteroatoms. The van der Waals surface area contributed by atoms with Gasteiger partial charge in [-0.1, -0.05) is 12.1 Å². The van der Waals surface area contributed by atoms with Crippen molar-refractivity contribution in [2.75, 3.05) is 0 Å². The summed E-state index contributed by atoms with van der Waals surface area (Å²) in [4.78, 5) is -0.579. The van der Waals surface area contributed by atoms with Gasteiger partial charge in [0.1, 0.15) is 10.6 Å². The third kappa shape index (κ3) is 4.96. The number of alkyl halides is 3. The second-order valence-corrected chi connectivity index (χ2v) is 6.43. The van der Waals surface area contributed by atoms with Gasteiger partial charge in [-0.15, -0.1) is 13.2 Å². The van der Waals surface area contributed by atoms with Crippen LogP contribution in [0.5, 0.6) is 5.75 Å². The van der Waals surface area contributed by atoms with E-state index in [4.69, 9.17) is 0 Å². The zero-order valence-corrected chi connectivity index (χ0v) is 12.8. The lowest BCUT2D eigenvalue weighted by Gasteiger charge is -2.17. The van der Waals surface area contributed by atoms with E-state index in [1.165, 1.54) is 23.0 Å². The van der Waals surface area contributed by atoms with Gasteiger partial charge in [0.05, 0.1) is 6.54 Å². The van der Waals surface area contributed by atoms with Crippen LogP contribution in [0.15, 0.2) is 47.6 Å². The first-order valence-corrected chi connectivity index (χ1v) is 8.00. The van der Waals surface area contributed by atoms with Crippen molar-refractivity contribution in [1.29, 1.82) is 0 Å². The van der Waals surface area contributed by atoms with Gasteiger partial charge >= 0.3 is 6.36 Å². The number of para-hydroxylation sites is 1. The summed E-state index contributed by atoms with van der Waals surface area (Å²) < 4.78 is 69.3. The van der Waals surface area contributed by atoms with Crippen molar-refractivity contribution in [3.05, 3.63) is 42.7 Å². The van der Waals surface area contributed by atoms with Gasteiger partial charge < -0.3 is 4.74 Å². The van der Waals surface area contributed by atoms with Crippen LogP contribution in [0, 0.1) is 0 Å². The summed E-state index contributed by atoms with van der Waals surface area (Å²) >= 11 is 0. The number of hydrogen-bond acceptors (Lipinski definition) is 4. The number of halogens is 3. The molecule has 0 spiro atoms. The highest BCUT2D eigenvalue weighted by molar-refractivity contribution is 7.89. The van der Waals surface area contributed by atoms with Gasteiger partial charge in [-0.2, -0.15) is 5.10 Å². The summed E-state index contributed by atoms with van der Waals surface area (Å²) in [6.45, 7) is 1.81. The molecule has 0 aliphatic heterocycles. The molecule has 0 bridgehead atoms. The third-order valence-electron chi connectivity index (χ3n) is 2.74. The lowest BCUT2D eigenvalue weighted by molar-refractivity contribution is -0.275. The average molecular weight is 349 g/mol. The van der Waals surface area contributed by atoms with Crippen molar-refractivity contribution in [3.8, 4) is 5.75 Å². The molecule has 0 radical (unpaired) electrons.